The number of nitrogens with one attached hydrogen (secondary N) is 1. The van der Waals surface area contributed by atoms with Gasteiger partial charge in [-0.15, -0.1) is 0 Å². The van der Waals surface area contributed by atoms with Gasteiger partial charge in [-0.05, 0) is 26.0 Å². The van der Waals surface area contributed by atoms with Gasteiger partial charge in [0, 0.05) is 30.9 Å². The number of fused-ring (bicyclic) bond motifs is 1. The molecule has 0 saturated carbocycles. The number of ether oxygens (including phenoxy) is 1. The van der Waals surface area contributed by atoms with E-state index in [1.807, 2.05) is 37.1 Å². The number of hydrogen-bond acceptors (Lipinski definition) is 3. The maximum absolute atomic E-state index is 12.5. The highest BCUT2D eigenvalue weighted by Crippen LogP contribution is 2.16. The molecule has 1 fully saturated rings. The van der Waals surface area contributed by atoms with Crippen molar-refractivity contribution in [2.75, 3.05) is 13.1 Å². The van der Waals surface area contributed by atoms with Gasteiger partial charge in [-0.2, -0.15) is 0 Å². The Morgan fingerprint density at radius 1 is 1.42 bits per heavy atom. The van der Waals surface area contributed by atoms with E-state index in [1.165, 1.54) is 0 Å². The van der Waals surface area contributed by atoms with Crippen molar-refractivity contribution < 1.29 is 9.53 Å². The summed E-state index contributed by atoms with van der Waals surface area (Å²) < 4.78 is 5.65. The Bertz CT molecular complexity index is 598. The normalized spacial score (nSPS) is 23.8. The van der Waals surface area contributed by atoms with Crippen LogP contribution in [0.5, 0.6) is 0 Å². The number of nitrogens with zero attached hydrogens (tertiary/aromatic N) is 2. The van der Waals surface area contributed by atoms with Crippen LogP contribution in [-0.2, 0) is 4.74 Å². The smallest absolute Gasteiger partial charge is 0.255 e. The van der Waals surface area contributed by atoms with Crippen LogP contribution in [0.3, 0.4) is 0 Å². The van der Waals surface area contributed by atoms with Crippen LogP contribution < -0.4 is 0 Å². The van der Waals surface area contributed by atoms with Crippen LogP contribution in [0.1, 0.15) is 24.2 Å². The number of carbonyl (C=O) groups is 1. The fraction of sp³-hybridized carbons (Fsp3) is 0.429. The lowest BCUT2D eigenvalue weighted by Crippen LogP contribution is -2.48. The average Bonchev–Trinajstić information content (AvgIpc) is 2.83. The molecule has 2 aromatic heterocycles. The lowest BCUT2D eigenvalue weighted by molar-refractivity contribution is -0.0586. The SMILES string of the molecule is C[C@@H]1CN(C(=O)c2cnc3[nH]ccc3c2)C[C@@H](C)O1. The summed E-state index contributed by atoms with van der Waals surface area (Å²) >= 11 is 0. The molecule has 0 aromatic carbocycles. The van der Waals surface area contributed by atoms with E-state index in [-0.39, 0.29) is 18.1 Å². The molecule has 0 unspecified atom stereocenters. The van der Waals surface area contributed by atoms with Gasteiger partial charge in [0.1, 0.15) is 5.65 Å². The number of hydrogen-bond donors (Lipinski definition) is 1. The molecule has 0 radical (unpaired) electrons. The lowest BCUT2D eigenvalue weighted by Gasteiger charge is -2.35. The van der Waals surface area contributed by atoms with E-state index in [0.717, 1.165) is 11.0 Å². The van der Waals surface area contributed by atoms with Gasteiger partial charge >= 0.3 is 0 Å². The van der Waals surface area contributed by atoms with E-state index in [4.69, 9.17) is 4.74 Å². The topological polar surface area (TPSA) is 58.2 Å². The van der Waals surface area contributed by atoms with E-state index >= 15 is 0 Å². The molecule has 3 rings (SSSR count). The van der Waals surface area contributed by atoms with Gasteiger partial charge in [0.05, 0.1) is 17.8 Å². The number of aromatic nitrogens is 2. The first-order chi connectivity index (χ1) is 9.13. The lowest BCUT2D eigenvalue weighted by atomic mass is 10.1. The summed E-state index contributed by atoms with van der Waals surface area (Å²) in [6.07, 6.45) is 3.62. The Balaban J connectivity index is 1.86. The molecule has 1 saturated heterocycles. The predicted octanol–water partition coefficient (Wildman–Crippen LogP) is 1.81. The van der Waals surface area contributed by atoms with E-state index in [2.05, 4.69) is 9.97 Å². The van der Waals surface area contributed by atoms with Crippen LogP contribution >= 0.6 is 0 Å². The van der Waals surface area contributed by atoms with Crippen molar-refractivity contribution in [2.45, 2.75) is 26.1 Å². The number of pyridine rings is 1. The molecular weight excluding hydrogens is 242 g/mol. The van der Waals surface area contributed by atoms with Gasteiger partial charge in [0.25, 0.3) is 5.91 Å². The van der Waals surface area contributed by atoms with Gasteiger partial charge in [0.2, 0.25) is 0 Å². The fourth-order valence-corrected chi connectivity index (χ4v) is 2.58. The van der Waals surface area contributed by atoms with Crippen LogP contribution in [0.4, 0.5) is 0 Å². The number of morpholine rings is 1. The minimum absolute atomic E-state index is 0.0256. The number of H-pyrrole nitrogens is 1. The standard InChI is InChI=1S/C14H17N3O2/c1-9-7-17(8-10(2)19-9)14(18)12-5-11-3-4-15-13(11)16-6-12/h3-6,9-10H,7-8H2,1-2H3,(H,15,16)/t9-,10-/m1/s1. The van der Waals surface area contributed by atoms with Crippen LogP contribution in [0.25, 0.3) is 11.0 Å². The van der Waals surface area contributed by atoms with E-state index < -0.39 is 0 Å². The molecule has 0 spiro atoms. The quantitative estimate of drug-likeness (QED) is 0.849. The molecule has 5 heteroatoms. The zero-order valence-electron chi connectivity index (χ0n) is 11.1. The summed E-state index contributed by atoms with van der Waals surface area (Å²) in [6, 6.07) is 3.80. The third-order valence-corrected chi connectivity index (χ3v) is 3.35. The summed E-state index contributed by atoms with van der Waals surface area (Å²) in [5, 5.41) is 0.959. The van der Waals surface area contributed by atoms with E-state index in [0.29, 0.717) is 18.7 Å². The molecule has 1 amide bonds. The van der Waals surface area contributed by atoms with Crippen LogP contribution in [0.2, 0.25) is 0 Å². The van der Waals surface area contributed by atoms with Crippen molar-refractivity contribution in [2.24, 2.45) is 0 Å². The van der Waals surface area contributed by atoms with Gasteiger partial charge in [0.15, 0.2) is 0 Å². The maximum Gasteiger partial charge on any atom is 0.255 e. The van der Waals surface area contributed by atoms with Crippen LogP contribution in [0.15, 0.2) is 24.5 Å². The van der Waals surface area contributed by atoms with Gasteiger partial charge in [-0.25, -0.2) is 4.98 Å². The molecule has 0 aliphatic carbocycles. The minimum Gasteiger partial charge on any atom is -0.372 e. The summed E-state index contributed by atoms with van der Waals surface area (Å²) in [4.78, 5) is 21.6. The molecule has 1 aliphatic heterocycles. The Hall–Kier alpha value is -1.88. The number of aromatic amines is 1. The first-order valence-electron chi connectivity index (χ1n) is 6.51. The van der Waals surface area contributed by atoms with Crippen molar-refractivity contribution >= 4 is 16.9 Å². The van der Waals surface area contributed by atoms with Gasteiger partial charge in [-0.3, -0.25) is 4.79 Å². The van der Waals surface area contributed by atoms with Crippen molar-refractivity contribution in [1.82, 2.24) is 14.9 Å². The van der Waals surface area contributed by atoms with Crippen LogP contribution in [-0.4, -0.2) is 46.1 Å². The highest BCUT2D eigenvalue weighted by atomic mass is 16.5. The summed E-state index contributed by atoms with van der Waals surface area (Å²) in [5.74, 6) is 0.0256. The number of rotatable bonds is 1. The molecule has 5 nitrogen and oxygen atoms in total. The molecule has 2 aromatic rings. The third kappa shape index (κ3) is 2.33. The molecular formula is C14H17N3O2. The summed E-state index contributed by atoms with van der Waals surface area (Å²) in [5.41, 5.74) is 1.44. The molecule has 100 valence electrons. The van der Waals surface area contributed by atoms with E-state index in [9.17, 15) is 4.79 Å². The van der Waals surface area contributed by atoms with Crippen molar-refractivity contribution in [3.05, 3.63) is 30.1 Å². The molecule has 1 N–H and O–H groups in total. The van der Waals surface area contributed by atoms with Crippen LogP contribution in [0, 0.1) is 0 Å². The van der Waals surface area contributed by atoms with E-state index in [1.54, 1.807) is 6.20 Å². The van der Waals surface area contributed by atoms with Crippen molar-refractivity contribution in [3.8, 4) is 0 Å². The Labute approximate surface area is 111 Å². The maximum atomic E-state index is 12.5. The van der Waals surface area contributed by atoms with Gasteiger partial charge < -0.3 is 14.6 Å². The zero-order chi connectivity index (χ0) is 13.4. The second-order valence-electron chi connectivity index (χ2n) is 5.11. The first kappa shape index (κ1) is 12.2. The average molecular weight is 259 g/mol. The third-order valence-electron chi connectivity index (χ3n) is 3.35. The molecule has 1 aliphatic rings. The second-order valence-corrected chi connectivity index (χ2v) is 5.11. The zero-order valence-corrected chi connectivity index (χ0v) is 11.1. The highest BCUT2D eigenvalue weighted by Gasteiger charge is 2.26. The Morgan fingerprint density at radius 2 is 2.16 bits per heavy atom. The molecule has 3 heterocycles. The first-order valence-corrected chi connectivity index (χ1v) is 6.51. The fourth-order valence-electron chi connectivity index (χ4n) is 2.58. The Kier molecular flexibility index (Phi) is 2.98. The largest absolute Gasteiger partial charge is 0.372 e. The number of carbonyl (C=O) groups excluding carboxylic acids is 1. The van der Waals surface area contributed by atoms with Crippen molar-refractivity contribution in [1.29, 1.82) is 0 Å². The highest BCUT2D eigenvalue weighted by molar-refractivity contribution is 5.97. The monoisotopic (exact) mass is 259 g/mol. The summed E-state index contributed by atoms with van der Waals surface area (Å²) in [7, 11) is 0. The molecule has 19 heavy (non-hydrogen) atoms. The predicted molar refractivity (Wildman–Crippen MR) is 72.0 cm³/mol. The summed E-state index contributed by atoms with van der Waals surface area (Å²) in [6.45, 7) is 5.25. The minimum atomic E-state index is 0.0256. The molecule has 2 atom stereocenters. The molecule has 0 bridgehead atoms. The number of amides is 1. The Morgan fingerprint density at radius 3 is 2.89 bits per heavy atom. The van der Waals surface area contributed by atoms with Crippen molar-refractivity contribution in [3.63, 3.8) is 0 Å². The van der Waals surface area contributed by atoms with Gasteiger partial charge in [-0.1, -0.05) is 0 Å². The second kappa shape index (κ2) is 4.66.